The first kappa shape index (κ1) is 25.3. The van der Waals surface area contributed by atoms with E-state index in [1.165, 1.54) is 5.01 Å². The molecular weight excluding hydrogens is 450 g/mol. The molecule has 0 aliphatic rings. The highest BCUT2D eigenvalue weighted by molar-refractivity contribution is 6.54. The minimum atomic E-state index is -1.70. The Morgan fingerprint density at radius 3 is 2.51 bits per heavy atom. The molecule has 0 radical (unpaired) electrons. The maximum atomic E-state index is 13.4. The molecule has 1 aromatic heterocycles. The Balaban J connectivity index is 2.19. The molecule has 1 amide bonds. The molecule has 182 valence electrons. The number of para-hydroxylation sites is 2. The number of amides is 1. The average Bonchev–Trinajstić information content (AvgIpc) is 2.80. The summed E-state index contributed by atoms with van der Waals surface area (Å²) < 4.78 is 4.89. The van der Waals surface area contributed by atoms with Gasteiger partial charge in [-0.3, -0.25) is 14.4 Å². The van der Waals surface area contributed by atoms with Gasteiger partial charge in [0.2, 0.25) is 0 Å². The predicted molar refractivity (Wildman–Crippen MR) is 132 cm³/mol. The van der Waals surface area contributed by atoms with E-state index in [9.17, 15) is 19.2 Å². The van der Waals surface area contributed by atoms with Crippen LogP contribution in [-0.2, 0) is 19.1 Å². The number of ether oxygens (including phenoxy) is 1. The van der Waals surface area contributed by atoms with Crippen LogP contribution < -0.4 is 10.9 Å². The third-order valence-electron chi connectivity index (χ3n) is 5.08. The summed E-state index contributed by atoms with van der Waals surface area (Å²) in [5.74, 6) is -4.78. The van der Waals surface area contributed by atoms with E-state index < -0.39 is 29.1 Å². The number of nitrogens with zero attached hydrogens (tertiary/aromatic N) is 3. The number of fused-ring (bicyclic) bond motifs is 1. The van der Waals surface area contributed by atoms with Crippen LogP contribution >= 0.6 is 0 Å². The summed E-state index contributed by atoms with van der Waals surface area (Å²) >= 11 is 0. The van der Waals surface area contributed by atoms with Crippen molar-refractivity contribution in [1.82, 2.24) is 15.0 Å². The van der Waals surface area contributed by atoms with E-state index >= 15 is 0 Å². The zero-order chi connectivity index (χ0) is 25.7. The molecule has 10 heteroatoms. The number of nitrogens with one attached hydrogen (secondary N) is 2. The van der Waals surface area contributed by atoms with Crippen molar-refractivity contribution in [3.8, 4) is 0 Å². The monoisotopic (exact) mass is 477 g/mol. The van der Waals surface area contributed by atoms with Gasteiger partial charge < -0.3 is 20.0 Å². The summed E-state index contributed by atoms with van der Waals surface area (Å²) in [7, 11) is 3.10. The van der Waals surface area contributed by atoms with Gasteiger partial charge in [-0.05, 0) is 44.5 Å². The molecule has 0 aliphatic heterocycles. The third-order valence-corrected chi connectivity index (χ3v) is 5.08. The first-order valence-corrected chi connectivity index (χ1v) is 11.0. The number of hydrazone groups is 1. The highest BCUT2D eigenvalue weighted by Gasteiger charge is 2.39. The Morgan fingerprint density at radius 2 is 1.86 bits per heavy atom. The van der Waals surface area contributed by atoms with Crippen molar-refractivity contribution in [3.05, 3.63) is 69.6 Å². The van der Waals surface area contributed by atoms with E-state index in [1.54, 1.807) is 51.4 Å². The summed E-state index contributed by atoms with van der Waals surface area (Å²) in [5.41, 5.74) is 1.67. The Bertz CT molecular complexity index is 1380. The van der Waals surface area contributed by atoms with E-state index in [4.69, 9.17) is 4.74 Å². The second-order valence-corrected chi connectivity index (χ2v) is 8.09. The molecule has 0 bridgehead atoms. The number of H-pyrrole nitrogens is 1. The normalized spacial score (nSPS) is 12.2. The summed E-state index contributed by atoms with van der Waals surface area (Å²) in [6.45, 7) is 5.22. The second kappa shape index (κ2) is 10.7. The minimum absolute atomic E-state index is 0.0618. The molecule has 0 fully saturated rings. The van der Waals surface area contributed by atoms with E-state index in [0.29, 0.717) is 16.7 Å². The molecule has 0 unspecified atom stereocenters. The number of anilines is 1. The number of rotatable bonds is 8. The van der Waals surface area contributed by atoms with Gasteiger partial charge in [-0.2, -0.15) is 5.10 Å². The van der Waals surface area contributed by atoms with Gasteiger partial charge in [-0.25, -0.2) is 9.78 Å². The number of benzene rings is 2. The van der Waals surface area contributed by atoms with Crippen molar-refractivity contribution < 1.29 is 19.1 Å². The van der Waals surface area contributed by atoms with Crippen LogP contribution in [0.4, 0.5) is 5.69 Å². The van der Waals surface area contributed by atoms with Gasteiger partial charge in [0.15, 0.2) is 0 Å². The molecule has 10 nitrogen and oxygen atoms in total. The Labute approximate surface area is 202 Å². The lowest BCUT2D eigenvalue weighted by atomic mass is 9.93. The summed E-state index contributed by atoms with van der Waals surface area (Å²) in [4.78, 5) is 59.2. The zero-order valence-corrected chi connectivity index (χ0v) is 20.2. The Kier molecular flexibility index (Phi) is 7.75. The van der Waals surface area contributed by atoms with E-state index in [-0.39, 0.29) is 18.0 Å². The molecule has 35 heavy (non-hydrogen) atoms. The number of ketones is 1. The van der Waals surface area contributed by atoms with Crippen molar-refractivity contribution in [2.24, 2.45) is 5.10 Å². The molecule has 0 saturated carbocycles. The van der Waals surface area contributed by atoms with Crippen LogP contribution in [0.2, 0.25) is 0 Å². The number of aromatic nitrogens is 2. The number of carbonyl (C=O) groups is 3. The van der Waals surface area contributed by atoms with Gasteiger partial charge in [-0.1, -0.05) is 29.8 Å². The molecule has 1 atom stereocenters. The second-order valence-electron chi connectivity index (χ2n) is 8.09. The van der Waals surface area contributed by atoms with E-state index in [2.05, 4.69) is 20.4 Å². The number of Topliss-reactive ketones (excluding diaryl/α,β-unsaturated/α-hetero) is 1. The van der Waals surface area contributed by atoms with Gasteiger partial charge in [0.1, 0.15) is 17.3 Å². The fraction of sp³-hybridized carbons (Fsp3) is 0.280. The van der Waals surface area contributed by atoms with Crippen LogP contribution in [0.25, 0.3) is 11.0 Å². The molecule has 3 rings (SSSR count). The molecule has 2 N–H and O–H groups in total. The Morgan fingerprint density at radius 1 is 1.14 bits per heavy atom. The van der Waals surface area contributed by atoms with E-state index in [0.717, 1.165) is 11.1 Å². The maximum Gasteiger partial charge on any atom is 0.375 e. The van der Waals surface area contributed by atoms with Gasteiger partial charge >= 0.3 is 5.97 Å². The molecule has 0 saturated heterocycles. The lowest BCUT2D eigenvalue weighted by molar-refractivity contribution is -0.153. The predicted octanol–water partition coefficient (Wildman–Crippen LogP) is 2.31. The van der Waals surface area contributed by atoms with Crippen LogP contribution in [0.5, 0.6) is 0 Å². The van der Waals surface area contributed by atoms with E-state index in [1.807, 2.05) is 26.0 Å². The van der Waals surface area contributed by atoms with Crippen molar-refractivity contribution in [3.63, 3.8) is 0 Å². The minimum Gasteiger partial charge on any atom is -0.460 e. The first-order valence-electron chi connectivity index (χ1n) is 11.0. The summed E-state index contributed by atoms with van der Waals surface area (Å²) in [6, 6.07) is 12.1. The summed E-state index contributed by atoms with van der Waals surface area (Å²) in [6.07, 6.45) is 0. The lowest BCUT2D eigenvalue weighted by Gasteiger charge is -2.19. The fourth-order valence-electron chi connectivity index (χ4n) is 3.53. The number of aryl methyl sites for hydroxylation is 2. The standard InChI is InChI=1S/C25H27N5O5/c1-6-35-25(34)22(31)19(20-23(32)28-18-10-8-7-9-17(18)26-20)21(29-30(4)5)24(33)27-16-12-11-14(2)13-15(16)3/h7-13,19H,6H2,1-5H3,(H,27,33)(H,28,32)/b29-21-/t19-/m1/s1. The lowest BCUT2D eigenvalue weighted by Crippen LogP contribution is -2.41. The van der Waals surface area contributed by atoms with Crippen molar-refractivity contribution in [2.45, 2.75) is 26.7 Å². The maximum absolute atomic E-state index is 13.4. The largest absolute Gasteiger partial charge is 0.460 e. The number of hydrogen-bond acceptors (Lipinski definition) is 8. The molecule has 1 heterocycles. The molecule has 0 spiro atoms. The smallest absolute Gasteiger partial charge is 0.375 e. The van der Waals surface area contributed by atoms with Crippen LogP contribution in [0.1, 0.15) is 29.7 Å². The van der Waals surface area contributed by atoms with Crippen molar-refractivity contribution in [2.75, 3.05) is 26.0 Å². The van der Waals surface area contributed by atoms with Crippen molar-refractivity contribution in [1.29, 1.82) is 0 Å². The van der Waals surface area contributed by atoms with Crippen LogP contribution in [0.3, 0.4) is 0 Å². The highest BCUT2D eigenvalue weighted by Crippen LogP contribution is 2.21. The molecular formula is C25H27N5O5. The average molecular weight is 478 g/mol. The molecule has 0 aliphatic carbocycles. The van der Waals surface area contributed by atoms with Crippen LogP contribution in [0.15, 0.2) is 52.4 Å². The van der Waals surface area contributed by atoms with Gasteiger partial charge in [0.05, 0.1) is 17.6 Å². The van der Waals surface area contributed by atoms with Crippen LogP contribution in [-0.4, -0.2) is 59.1 Å². The quantitative estimate of drug-likeness (QED) is 0.220. The van der Waals surface area contributed by atoms with Gasteiger partial charge in [0, 0.05) is 19.8 Å². The number of carbonyl (C=O) groups excluding carboxylic acids is 3. The van der Waals surface area contributed by atoms with Gasteiger partial charge in [0.25, 0.3) is 17.2 Å². The molecule has 3 aromatic rings. The number of hydrogen-bond donors (Lipinski definition) is 2. The number of esters is 1. The summed E-state index contributed by atoms with van der Waals surface area (Å²) in [5, 5.41) is 8.24. The SMILES string of the molecule is CCOC(=O)C(=O)[C@@H](/C(=N/N(C)C)C(=O)Nc1ccc(C)cc1C)c1nc2ccccc2[nH]c1=O. The first-order chi connectivity index (χ1) is 16.6. The van der Waals surface area contributed by atoms with Crippen molar-refractivity contribution >= 4 is 40.1 Å². The zero-order valence-electron chi connectivity index (χ0n) is 20.2. The number of aromatic amines is 1. The van der Waals surface area contributed by atoms with Gasteiger partial charge in [-0.15, -0.1) is 0 Å². The molecule has 2 aromatic carbocycles. The Hall–Kier alpha value is -4.34. The topological polar surface area (TPSA) is 134 Å². The fourth-order valence-corrected chi connectivity index (χ4v) is 3.53. The third kappa shape index (κ3) is 5.78. The van der Waals surface area contributed by atoms with Crippen LogP contribution in [0, 0.1) is 13.8 Å². The highest BCUT2D eigenvalue weighted by atomic mass is 16.5.